The number of carbonyl (C=O) groups is 3. The van der Waals surface area contributed by atoms with Gasteiger partial charge in [-0.2, -0.15) is 0 Å². The Morgan fingerprint density at radius 2 is 1.63 bits per heavy atom. The highest BCUT2D eigenvalue weighted by molar-refractivity contribution is 6.35. The van der Waals surface area contributed by atoms with E-state index in [0.717, 1.165) is 4.90 Å². The summed E-state index contributed by atoms with van der Waals surface area (Å²) in [7, 11) is 0. The average molecular weight is 427 g/mol. The van der Waals surface area contributed by atoms with Crippen LogP contribution < -0.4 is 10.6 Å². The number of carbonyl (C=O) groups excluding carboxylic acids is 3. The van der Waals surface area contributed by atoms with Crippen molar-refractivity contribution in [2.45, 2.75) is 12.5 Å². The van der Waals surface area contributed by atoms with E-state index < -0.39 is 29.9 Å². The minimum Gasteiger partial charge on any atom is -0.324 e. The third kappa shape index (κ3) is 4.03. The van der Waals surface area contributed by atoms with Gasteiger partial charge in [-0.15, -0.1) is 0 Å². The minimum atomic E-state index is -1.28. The third-order valence-corrected chi connectivity index (χ3v) is 4.83. The van der Waals surface area contributed by atoms with E-state index in [9.17, 15) is 14.4 Å². The molecule has 3 rings (SSSR count). The maximum absolute atomic E-state index is 12.8. The third-order valence-electron chi connectivity index (χ3n) is 4.14. The molecular formula is C18H14Cl3N3O3. The van der Waals surface area contributed by atoms with Crippen LogP contribution in [-0.4, -0.2) is 29.3 Å². The average Bonchev–Trinajstić information content (AvgIpc) is 2.78. The lowest BCUT2D eigenvalue weighted by atomic mass is 9.92. The zero-order valence-corrected chi connectivity index (χ0v) is 16.3. The second-order valence-electron chi connectivity index (χ2n) is 6.16. The summed E-state index contributed by atoms with van der Waals surface area (Å²) >= 11 is 17.7. The number of halogens is 3. The van der Waals surface area contributed by atoms with Crippen molar-refractivity contribution < 1.29 is 14.4 Å². The highest BCUT2D eigenvalue weighted by Gasteiger charge is 2.49. The number of amides is 4. The minimum absolute atomic E-state index is 0.350. The Hall–Kier alpha value is -2.28. The highest BCUT2D eigenvalue weighted by atomic mass is 35.5. The monoisotopic (exact) mass is 425 g/mol. The van der Waals surface area contributed by atoms with Crippen LogP contribution in [0.2, 0.25) is 15.1 Å². The predicted octanol–water partition coefficient (Wildman–Crippen LogP) is 4.05. The van der Waals surface area contributed by atoms with Gasteiger partial charge in [0.05, 0.1) is 0 Å². The normalized spacial score (nSPS) is 19.2. The Morgan fingerprint density at radius 3 is 2.22 bits per heavy atom. The van der Waals surface area contributed by atoms with Crippen molar-refractivity contribution >= 4 is 58.3 Å². The maximum atomic E-state index is 12.8. The van der Waals surface area contributed by atoms with Gasteiger partial charge < -0.3 is 10.6 Å². The zero-order chi connectivity index (χ0) is 19.8. The van der Waals surface area contributed by atoms with Gasteiger partial charge in [-0.3, -0.25) is 14.5 Å². The molecule has 9 heteroatoms. The first-order valence-electron chi connectivity index (χ1n) is 7.85. The van der Waals surface area contributed by atoms with E-state index >= 15 is 0 Å². The van der Waals surface area contributed by atoms with Crippen LogP contribution in [0.15, 0.2) is 42.5 Å². The van der Waals surface area contributed by atoms with Gasteiger partial charge in [0.15, 0.2) is 0 Å². The van der Waals surface area contributed by atoms with Gasteiger partial charge in [-0.05, 0) is 42.8 Å². The summed E-state index contributed by atoms with van der Waals surface area (Å²) in [5.41, 5.74) is -0.346. The fraction of sp³-hybridized carbons (Fsp3) is 0.167. The lowest BCUT2D eigenvalue weighted by Gasteiger charge is -2.22. The van der Waals surface area contributed by atoms with Crippen LogP contribution in [0, 0.1) is 0 Å². The first kappa shape index (κ1) is 19.5. The van der Waals surface area contributed by atoms with Crippen LogP contribution in [0.1, 0.15) is 12.5 Å². The Labute approximate surface area is 170 Å². The van der Waals surface area contributed by atoms with Crippen LogP contribution >= 0.6 is 34.8 Å². The highest BCUT2D eigenvalue weighted by Crippen LogP contribution is 2.29. The zero-order valence-electron chi connectivity index (χ0n) is 14.1. The quantitative estimate of drug-likeness (QED) is 0.724. The number of rotatable bonds is 4. The molecule has 27 heavy (non-hydrogen) atoms. The number of urea groups is 1. The second kappa shape index (κ2) is 7.38. The van der Waals surface area contributed by atoms with E-state index in [0.29, 0.717) is 26.3 Å². The molecule has 1 aliphatic rings. The summed E-state index contributed by atoms with van der Waals surface area (Å²) in [5, 5.41) is 6.40. The molecule has 1 saturated heterocycles. The first-order valence-corrected chi connectivity index (χ1v) is 8.98. The molecule has 2 N–H and O–H groups in total. The topological polar surface area (TPSA) is 78.5 Å². The van der Waals surface area contributed by atoms with Crippen molar-refractivity contribution in [2.75, 3.05) is 11.9 Å². The van der Waals surface area contributed by atoms with Crippen molar-refractivity contribution in [3.63, 3.8) is 0 Å². The molecule has 140 valence electrons. The molecule has 2 aromatic rings. The standard InChI is InChI=1S/C18H14Cl3N3O3/c1-18(10-2-4-11(19)5-3-10)16(26)24(17(27)23-18)9-15(25)22-14-7-12(20)6-13(21)8-14/h2-8H,9H2,1H3,(H,22,25)(H,23,27). The fourth-order valence-electron chi connectivity index (χ4n) is 2.79. The maximum Gasteiger partial charge on any atom is 0.325 e. The van der Waals surface area contributed by atoms with Gasteiger partial charge in [-0.25, -0.2) is 4.79 Å². The summed E-state index contributed by atoms with van der Waals surface area (Å²) in [6.07, 6.45) is 0. The van der Waals surface area contributed by atoms with Crippen molar-refractivity contribution in [1.82, 2.24) is 10.2 Å². The van der Waals surface area contributed by atoms with Crippen LogP contribution in [-0.2, 0) is 15.1 Å². The number of hydrogen-bond acceptors (Lipinski definition) is 3. The van der Waals surface area contributed by atoms with Crippen molar-refractivity contribution in [3.05, 3.63) is 63.1 Å². The Kier molecular flexibility index (Phi) is 5.33. The number of imide groups is 1. The van der Waals surface area contributed by atoms with Gasteiger partial charge in [0, 0.05) is 20.8 Å². The van der Waals surface area contributed by atoms with Gasteiger partial charge >= 0.3 is 6.03 Å². The molecule has 1 unspecified atom stereocenters. The first-order chi connectivity index (χ1) is 12.7. The molecule has 0 saturated carbocycles. The van der Waals surface area contributed by atoms with Crippen LogP contribution in [0.4, 0.5) is 10.5 Å². The molecule has 2 aromatic carbocycles. The van der Waals surface area contributed by atoms with Crippen molar-refractivity contribution in [1.29, 1.82) is 0 Å². The molecule has 1 fully saturated rings. The lowest BCUT2D eigenvalue weighted by molar-refractivity contribution is -0.133. The summed E-state index contributed by atoms with van der Waals surface area (Å²) in [4.78, 5) is 38.2. The molecule has 1 heterocycles. The molecule has 0 radical (unpaired) electrons. The predicted molar refractivity (Wildman–Crippen MR) is 104 cm³/mol. The summed E-state index contributed by atoms with van der Waals surface area (Å²) in [6, 6.07) is 10.4. The van der Waals surface area contributed by atoms with E-state index in [4.69, 9.17) is 34.8 Å². The summed E-state index contributed by atoms with van der Waals surface area (Å²) < 4.78 is 0. The largest absolute Gasteiger partial charge is 0.325 e. The Balaban J connectivity index is 1.75. The number of anilines is 1. The fourth-order valence-corrected chi connectivity index (χ4v) is 3.44. The molecular weight excluding hydrogens is 413 g/mol. The van der Waals surface area contributed by atoms with E-state index in [-0.39, 0.29) is 0 Å². The van der Waals surface area contributed by atoms with Gasteiger partial charge in [0.25, 0.3) is 5.91 Å². The second-order valence-corrected chi connectivity index (χ2v) is 7.47. The number of benzene rings is 2. The van der Waals surface area contributed by atoms with Gasteiger partial charge in [-0.1, -0.05) is 46.9 Å². The number of nitrogens with one attached hydrogen (secondary N) is 2. The van der Waals surface area contributed by atoms with E-state index in [1.54, 1.807) is 31.2 Å². The van der Waals surface area contributed by atoms with Crippen molar-refractivity contribution in [2.24, 2.45) is 0 Å². The SMILES string of the molecule is CC1(c2ccc(Cl)cc2)NC(=O)N(CC(=O)Nc2cc(Cl)cc(Cl)c2)C1=O. The molecule has 4 amide bonds. The molecule has 0 bridgehead atoms. The molecule has 1 atom stereocenters. The Morgan fingerprint density at radius 1 is 1.04 bits per heavy atom. The van der Waals surface area contributed by atoms with Crippen LogP contribution in [0.25, 0.3) is 0 Å². The smallest absolute Gasteiger partial charge is 0.324 e. The molecule has 0 aliphatic carbocycles. The Bertz CT molecular complexity index is 913. The van der Waals surface area contributed by atoms with Crippen molar-refractivity contribution in [3.8, 4) is 0 Å². The summed E-state index contributed by atoms with van der Waals surface area (Å²) in [6.45, 7) is 1.13. The van der Waals surface area contributed by atoms with E-state index in [1.165, 1.54) is 18.2 Å². The van der Waals surface area contributed by atoms with Crippen LogP contribution in [0.5, 0.6) is 0 Å². The summed E-state index contributed by atoms with van der Waals surface area (Å²) in [5.74, 6) is -1.09. The van der Waals surface area contributed by atoms with Gasteiger partial charge in [0.2, 0.25) is 5.91 Å². The molecule has 1 aliphatic heterocycles. The van der Waals surface area contributed by atoms with E-state index in [2.05, 4.69) is 10.6 Å². The van der Waals surface area contributed by atoms with Gasteiger partial charge in [0.1, 0.15) is 12.1 Å². The molecule has 0 aromatic heterocycles. The molecule has 6 nitrogen and oxygen atoms in total. The number of hydrogen-bond donors (Lipinski definition) is 2. The molecule has 0 spiro atoms. The van der Waals surface area contributed by atoms with E-state index in [1.807, 2.05) is 0 Å². The number of nitrogens with zero attached hydrogens (tertiary/aromatic N) is 1. The lowest BCUT2D eigenvalue weighted by Crippen LogP contribution is -2.42. The van der Waals surface area contributed by atoms with Crippen LogP contribution in [0.3, 0.4) is 0 Å².